The molecular weight excluding hydrogens is 405 g/mol. The van der Waals surface area contributed by atoms with Crippen LogP contribution in [0.4, 0.5) is 13.2 Å². The molecule has 0 aliphatic rings. The second-order valence-electron chi connectivity index (χ2n) is 6.32. The summed E-state index contributed by atoms with van der Waals surface area (Å²) in [5.41, 5.74) is -1.86. The van der Waals surface area contributed by atoms with Gasteiger partial charge in [0.15, 0.2) is 0 Å². The highest BCUT2D eigenvalue weighted by atomic mass is 19.4. The molecule has 10 heteroatoms. The number of hydrogen-bond acceptors (Lipinski definition) is 4. The Morgan fingerprint density at radius 3 is 2.50 bits per heavy atom. The zero-order valence-electron chi connectivity index (χ0n) is 14.9. The van der Waals surface area contributed by atoms with Crippen molar-refractivity contribution in [3.8, 4) is 11.4 Å². The number of nitrogens with zero attached hydrogens (tertiary/aromatic N) is 1. The zero-order valence-corrected chi connectivity index (χ0v) is 14.9. The highest BCUT2D eigenvalue weighted by Crippen LogP contribution is 2.29. The van der Waals surface area contributed by atoms with E-state index in [0.717, 1.165) is 22.8 Å². The molecule has 0 bridgehead atoms. The highest BCUT2D eigenvalue weighted by molar-refractivity contribution is 5.96. The van der Waals surface area contributed by atoms with Gasteiger partial charge in [0.2, 0.25) is 0 Å². The van der Waals surface area contributed by atoms with Crippen LogP contribution in [0.5, 0.6) is 5.75 Å². The van der Waals surface area contributed by atoms with Gasteiger partial charge in [-0.05, 0) is 41.8 Å². The summed E-state index contributed by atoms with van der Waals surface area (Å²) < 4.78 is 42.9. The number of carbonyl (C=O) groups is 1. The first-order valence-corrected chi connectivity index (χ1v) is 8.45. The summed E-state index contributed by atoms with van der Waals surface area (Å²) in [7, 11) is 0. The molecule has 4 rings (SSSR count). The predicted molar refractivity (Wildman–Crippen MR) is 101 cm³/mol. The molecule has 0 atom stereocenters. The topological polar surface area (TPSA) is 101 Å². The Hall–Kier alpha value is -4.08. The Morgan fingerprint density at radius 1 is 1.03 bits per heavy atom. The summed E-state index contributed by atoms with van der Waals surface area (Å²) >= 11 is 0. The number of ether oxygens (including phenoxy) is 1. The summed E-state index contributed by atoms with van der Waals surface area (Å²) in [4.78, 5) is 39.2. The molecule has 0 spiro atoms. The summed E-state index contributed by atoms with van der Waals surface area (Å²) in [6, 6.07) is 10.3. The van der Waals surface area contributed by atoms with Crippen LogP contribution in [0.1, 0.15) is 10.4 Å². The molecule has 0 saturated heterocycles. The van der Waals surface area contributed by atoms with Crippen LogP contribution < -0.4 is 15.9 Å². The van der Waals surface area contributed by atoms with Gasteiger partial charge in [0, 0.05) is 23.0 Å². The molecule has 30 heavy (non-hydrogen) atoms. The van der Waals surface area contributed by atoms with Crippen LogP contribution in [0, 0.1) is 0 Å². The fraction of sp³-hybridized carbons (Fsp3) is 0.0500. The van der Waals surface area contributed by atoms with Crippen LogP contribution in [0.2, 0.25) is 0 Å². The average molecular weight is 416 g/mol. The normalized spacial score (nSPS) is 11.7. The van der Waals surface area contributed by atoms with Crippen molar-refractivity contribution in [3.05, 3.63) is 81.0 Å². The van der Waals surface area contributed by atoms with E-state index in [0.29, 0.717) is 5.39 Å². The number of carboxylic acid groups (broad SMARTS) is 1. The van der Waals surface area contributed by atoms with Crippen molar-refractivity contribution in [2.24, 2.45) is 0 Å². The van der Waals surface area contributed by atoms with Gasteiger partial charge < -0.3 is 14.8 Å². The zero-order chi connectivity index (χ0) is 21.6. The molecule has 0 radical (unpaired) electrons. The molecule has 0 aliphatic carbocycles. The number of nitrogens with one attached hydrogen (secondary N) is 1. The molecule has 2 heterocycles. The number of H-pyrrole nitrogens is 1. The predicted octanol–water partition coefficient (Wildman–Crippen LogP) is 3.43. The van der Waals surface area contributed by atoms with Crippen molar-refractivity contribution in [1.29, 1.82) is 0 Å². The molecule has 0 aliphatic heterocycles. The lowest BCUT2D eigenvalue weighted by Gasteiger charge is -2.15. The molecule has 7 nitrogen and oxygen atoms in total. The monoisotopic (exact) mass is 416 g/mol. The molecule has 4 aromatic rings. The lowest BCUT2D eigenvalue weighted by atomic mass is 10.1. The van der Waals surface area contributed by atoms with E-state index in [1.54, 1.807) is 0 Å². The maximum absolute atomic E-state index is 13.0. The molecule has 2 aromatic heterocycles. The van der Waals surface area contributed by atoms with Crippen molar-refractivity contribution >= 4 is 27.6 Å². The second-order valence-corrected chi connectivity index (χ2v) is 6.32. The van der Waals surface area contributed by atoms with Crippen LogP contribution in [0.25, 0.3) is 27.4 Å². The van der Waals surface area contributed by atoms with E-state index in [1.165, 1.54) is 36.5 Å². The Bertz CT molecular complexity index is 1440. The molecule has 152 valence electrons. The number of benzene rings is 2. The third-order valence-electron chi connectivity index (χ3n) is 4.47. The van der Waals surface area contributed by atoms with Crippen LogP contribution >= 0.6 is 0 Å². The van der Waals surface area contributed by atoms with E-state index in [4.69, 9.17) is 0 Å². The van der Waals surface area contributed by atoms with Crippen molar-refractivity contribution in [2.45, 2.75) is 6.36 Å². The maximum atomic E-state index is 13.0. The van der Waals surface area contributed by atoms with E-state index in [9.17, 15) is 32.7 Å². The van der Waals surface area contributed by atoms with E-state index in [-0.39, 0.29) is 22.0 Å². The third kappa shape index (κ3) is 3.28. The first-order valence-electron chi connectivity index (χ1n) is 8.45. The summed E-state index contributed by atoms with van der Waals surface area (Å²) in [6.45, 7) is 0. The van der Waals surface area contributed by atoms with Crippen LogP contribution in [0.15, 0.2) is 64.3 Å². The van der Waals surface area contributed by atoms with Gasteiger partial charge in [-0.25, -0.2) is 4.79 Å². The van der Waals surface area contributed by atoms with E-state index in [2.05, 4.69) is 9.72 Å². The molecule has 0 unspecified atom stereocenters. The summed E-state index contributed by atoms with van der Waals surface area (Å²) in [5.74, 6) is -2.08. The van der Waals surface area contributed by atoms with Crippen LogP contribution in [-0.2, 0) is 0 Å². The highest BCUT2D eigenvalue weighted by Gasteiger charge is 2.31. The second kappa shape index (κ2) is 6.76. The van der Waals surface area contributed by atoms with Crippen molar-refractivity contribution < 1.29 is 27.8 Å². The number of aromatic carboxylic acids is 1. The van der Waals surface area contributed by atoms with Gasteiger partial charge in [-0.15, -0.1) is 13.2 Å². The minimum atomic E-state index is -4.95. The lowest BCUT2D eigenvalue weighted by Crippen LogP contribution is -2.26. The van der Waals surface area contributed by atoms with E-state index >= 15 is 0 Å². The molecule has 2 N–H and O–H groups in total. The Kier molecular flexibility index (Phi) is 4.34. The van der Waals surface area contributed by atoms with Gasteiger partial charge in [0.1, 0.15) is 11.3 Å². The molecular formula is C20H11F3N2O5. The van der Waals surface area contributed by atoms with Crippen LogP contribution in [-0.4, -0.2) is 27.0 Å². The fourth-order valence-electron chi connectivity index (χ4n) is 3.28. The van der Waals surface area contributed by atoms with Crippen molar-refractivity contribution in [1.82, 2.24) is 9.55 Å². The van der Waals surface area contributed by atoms with Gasteiger partial charge in [0.25, 0.3) is 11.1 Å². The maximum Gasteiger partial charge on any atom is 0.573 e. The smallest absolute Gasteiger partial charge is 0.477 e. The number of fused-ring (bicyclic) bond motifs is 2. The first kappa shape index (κ1) is 19.2. The summed E-state index contributed by atoms with van der Waals surface area (Å²) in [6.07, 6.45) is -3.60. The number of hydrogen-bond donors (Lipinski definition) is 2. The summed E-state index contributed by atoms with van der Waals surface area (Å²) in [5, 5.41) is 10.2. The van der Waals surface area contributed by atoms with E-state index < -0.39 is 34.8 Å². The van der Waals surface area contributed by atoms with Gasteiger partial charge in [-0.2, -0.15) is 0 Å². The molecule has 0 fully saturated rings. The molecule has 2 aromatic carbocycles. The number of aromatic nitrogens is 2. The Labute approximate surface area is 164 Å². The number of rotatable bonds is 3. The average Bonchev–Trinajstić information content (AvgIpc) is 2.66. The molecule has 0 amide bonds. The van der Waals surface area contributed by atoms with Crippen molar-refractivity contribution in [3.63, 3.8) is 0 Å². The number of alkyl halides is 3. The third-order valence-corrected chi connectivity index (χ3v) is 4.47. The first-order chi connectivity index (χ1) is 14.2. The fourth-order valence-corrected chi connectivity index (χ4v) is 3.28. The number of carboxylic acids is 1. The Morgan fingerprint density at radius 2 is 1.80 bits per heavy atom. The number of halogens is 3. The lowest BCUT2D eigenvalue weighted by molar-refractivity contribution is -0.274. The largest absolute Gasteiger partial charge is 0.573 e. The van der Waals surface area contributed by atoms with Gasteiger partial charge >= 0.3 is 12.3 Å². The minimum absolute atomic E-state index is 0.0143. The minimum Gasteiger partial charge on any atom is -0.477 e. The SMILES string of the molecule is O=C(O)c1cc2ccc(OC(F)(F)F)cc2n(-c2cccc3c(=O)[nH]ccc23)c1=O. The van der Waals surface area contributed by atoms with Crippen LogP contribution in [0.3, 0.4) is 0 Å². The number of pyridine rings is 2. The molecule has 0 saturated carbocycles. The standard InChI is InChI=1S/C20H11F3N2O5/c21-20(22,23)30-11-5-4-10-8-14(19(28)29)18(27)25(16(10)9-11)15-3-1-2-13-12(15)6-7-24-17(13)26/h1-9H,(H,24,26)(H,28,29). The number of aromatic amines is 1. The Balaban J connectivity index is 2.14. The van der Waals surface area contributed by atoms with E-state index in [1.807, 2.05) is 0 Å². The van der Waals surface area contributed by atoms with Crippen molar-refractivity contribution in [2.75, 3.05) is 0 Å². The quantitative estimate of drug-likeness (QED) is 0.533. The van der Waals surface area contributed by atoms with Gasteiger partial charge in [-0.3, -0.25) is 14.2 Å². The van der Waals surface area contributed by atoms with Gasteiger partial charge in [-0.1, -0.05) is 6.07 Å². The van der Waals surface area contributed by atoms with Gasteiger partial charge in [0.05, 0.1) is 11.2 Å².